The predicted octanol–water partition coefficient (Wildman–Crippen LogP) is 3.28. The van der Waals surface area contributed by atoms with Crippen molar-refractivity contribution < 1.29 is 4.79 Å². The van der Waals surface area contributed by atoms with Crippen LogP contribution in [0.5, 0.6) is 0 Å². The molecule has 28 heavy (non-hydrogen) atoms. The second-order valence-electron chi connectivity index (χ2n) is 7.48. The Morgan fingerprint density at radius 3 is 2.64 bits per heavy atom. The fraction of sp³-hybridized carbons (Fsp3) is 0.364. The van der Waals surface area contributed by atoms with Crippen molar-refractivity contribution in [3.63, 3.8) is 0 Å². The van der Waals surface area contributed by atoms with Crippen molar-refractivity contribution in [1.29, 1.82) is 0 Å². The van der Waals surface area contributed by atoms with Gasteiger partial charge in [0.25, 0.3) is 5.91 Å². The number of aryl methyl sites for hydroxylation is 1. The fourth-order valence-electron chi connectivity index (χ4n) is 3.83. The maximum absolute atomic E-state index is 12.6. The van der Waals surface area contributed by atoms with Crippen LogP contribution >= 0.6 is 0 Å². The van der Waals surface area contributed by atoms with Gasteiger partial charge in [0.2, 0.25) is 0 Å². The molecule has 0 saturated carbocycles. The van der Waals surface area contributed by atoms with Crippen molar-refractivity contribution in [3.05, 3.63) is 66.0 Å². The summed E-state index contributed by atoms with van der Waals surface area (Å²) in [6.07, 6.45) is 10.2. The number of aromatic nitrogens is 4. The summed E-state index contributed by atoms with van der Waals surface area (Å²) in [7, 11) is 2.01. The van der Waals surface area contributed by atoms with E-state index < -0.39 is 0 Å². The molecule has 1 aliphatic rings. The first-order valence-corrected chi connectivity index (χ1v) is 9.74. The Balaban J connectivity index is 1.38. The molecule has 0 aliphatic carbocycles. The predicted molar refractivity (Wildman–Crippen MR) is 108 cm³/mol. The van der Waals surface area contributed by atoms with Gasteiger partial charge in [-0.25, -0.2) is 4.98 Å². The standard InChI is InChI=1S/C22H25N5O/c1-16-25-15-21(26(16)2)20-13-18(5-9-24-20)12-17-6-10-27(11-7-17)22(28)19-4-3-8-23-14-19/h3-5,8-9,13-15,17H,6-7,10-12H2,1-2H3. The van der Waals surface area contributed by atoms with Gasteiger partial charge in [-0.1, -0.05) is 0 Å². The molecule has 144 valence electrons. The summed E-state index contributed by atoms with van der Waals surface area (Å²) < 4.78 is 2.06. The molecule has 0 unspecified atom stereocenters. The lowest BCUT2D eigenvalue weighted by atomic mass is 9.90. The second kappa shape index (κ2) is 7.92. The molecule has 6 heteroatoms. The lowest BCUT2D eigenvalue weighted by Crippen LogP contribution is -2.38. The number of imidazole rings is 1. The molecule has 3 aromatic heterocycles. The third-order valence-corrected chi connectivity index (χ3v) is 5.64. The van der Waals surface area contributed by atoms with Gasteiger partial charge in [-0.3, -0.25) is 14.8 Å². The van der Waals surface area contributed by atoms with E-state index in [1.807, 2.05) is 43.4 Å². The molecule has 3 aromatic rings. The summed E-state index contributed by atoms with van der Waals surface area (Å²) >= 11 is 0. The van der Waals surface area contributed by atoms with Crippen LogP contribution in [0.2, 0.25) is 0 Å². The summed E-state index contributed by atoms with van der Waals surface area (Å²) in [4.78, 5) is 27.5. The van der Waals surface area contributed by atoms with E-state index in [-0.39, 0.29) is 5.91 Å². The van der Waals surface area contributed by atoms with Crippen LogP contribution in [0.4, 0.5) is 0 Å². The molecule has 0 N–H and O–H groups in total. The van der Waals surface area contributed by atoms with Gasteiger partial charge in [-0.2, -0.15) is 0 Å². The van der Waals surface area contributed by atoms with E-state index >= 15 is 0 Å². The van der Waals surface area contributed by atoms with Crippen molar-refractivity contribution in [2.75, 3.05) is 13.1 Å². The number of nitrogens with zero attached hydrogens (tertiary/aromatic N) is 5. The molecule has 0 atom stereocenters. The maximum Gasteiger partial charge on any atom is 0.255 e. The van der Waals surface area contributed by atoms with Gasteiger partial charge in [0.05, 0.1) is 23.1 Å². The normalized spacial score (nSPS) is 15.0. The zero-order valence-corrected chi connectivity index (χ0v) is 16.4. The SMILES string of the molecule is Cc1ncc(-c2cc(CC3CCN(C(=O)c4cccnc4)CC3)ccn2)n1C. The summed E-state index contributed by atoms with van der Waals surface area (Å²) in [5.74, 6) is 1.65. The van der Waals surface area contributed by atoms with Gasteiger partial charge in [-0.15, -0.1) is 0 Å². The van der Waals surface area contributed by atoms with Gasteiger partial charge >= 0.3 is 0 Å². The second-order valence-corrected chi connectivity index (χ2v) is 7.48. The Kier molecular flexibility index (Phi) is 5.19. The quantitative estimate of drug-likeness (QED) is 0.702. The minimum atomic E-state index is 0.0873. The number of carbonyl (C=O) groups excluding carboxylic acids is 1. The number of hydrogen-bond donors (Lipinski definition) is 0. The topological polar surface area (TPSA) is 63.9 Å². The molecule has 4 rings (SSSR count). The first-order chi connectivity index (χ1) is 13.6. The first-order valence-electron chi connectivity index (χ1n) is 9.74. The van der Waals surface area contributed by atoms with Gasteiger partial charge in [0, 0.05) is 38.7 Å². The summed E-state index contributed by atoms with van der Waals surface area (Å²) in [5, 5.41) is 0. The zero-order chi connectivity index (χ0) is 19.5. The van der Waals surface area contributed by atoms with Crippen LogP contribution in [0.3, 0.4) is 0 Å². The molecule has 0 aromatic carbocycles. The number of piperidine rings is 1. The van der Waals surface area contributed by atoms with Crippen molar-refractivity contribution in [3.8, 4) is 11.4 Å². The van der Waals surface area contributed by atoms with E-state index in [1.165, 1.54) is 5.56 Å². The largest absolute Gasteiger partial charge is 0.339 e. The van der Waals surface area contributed by atoms with Crippen molar-refractivity contribution >= 4 is 5.91 Å². The zero-order valence-electron chi connectivity index (χ0n) is 16.4. The highest BCUT2D eigenvalue weighted by molar-refractivity contribution is 5.93. The van der Waals surface area contributed by atoms with Crippen molar-refractivity contribution in [2.24, 2.45) is 13.0 Å². The van der Waals surface area contributed by atoms with Gasteiger partial charge < -0.3 is 9.47 Å². The number of carbonyl (C=O) groups is 1. The maximum atomic E-state index is 12.6. The molecule has 1 amide bonds. The van der Waals surface area contributed by atoms with Crippen molar-refractivity contribution in [1.82, 2.24) is 24.4 Å². The Bertz CT molecular complexity index is 958. The highest BCUT2D eigenvalue weighted by Crippen LogP contribution is 2.25. The smallest absolute Gasteiger partial charge is 0.255 e. The highest BCUT2D eigenvalue weighted by Gasteiger charge is 2.24. The third-order valence-electron chi connectivity index (χ3n) is 5.64. The molecule has 4 heterocycles. The van der Waals surface area contributed by atoms with Crippen LogP contribution in [0.15, 0.2) is 49.1 Å². The van der Waals surface area contributed by atoms with Gasteiger partial charge in [-0.05, 0) is 61.9 Å². The minimum absolute atomic E-state index is 0.0873. The van der Waals surface area contributed by atoms with Crippen LogP contribution in [0, 0.1) is 12.8 Å². The summed E-state index contributed by atoms with van der Waals surface area (Å²) in [5.41, 5.74) is 3.97. The first kappa shape index (κ1) is 18.3. The monoisotopic (exact) mass is 375 g/mol. The van der Waals surface area contributed by atoms with Crippen LogP contribution in [0.1, 0.15) is 34.6 Å². The van der Waals surface area contributed by atoms with Crippen molar-refractivity contribution in [2.45, 2.75) is 26.2 Å². The summed E-state index contributed by atoms with van der Waals surface area (Å²) in [6, 6.07) is 7.91. The molecule has 0 bridgehead atoms. The van der Waals surface area contributed by atoms with Crippen LogP contribution in [-0.4, -0.2) is 43.4 Å². The minimum Gasteiger partial charge on any atom is -0.339 e. The molecule has 1 saturated heterocycles. The molecular weight excluding hydrogens is 350 g/mol. The lowest BCUT2D eigenvalue weighted by Gasteiger charge is -2.32. The van der Waals surface area contributed by atoms with E-state index in [2.05, 4.69) is 31.7 Å². The molecule has 1 fully saturated rings. The molecule has 6 nitrogen and oxygen atoms in total. The average Bonchev–Trinajstić information content (AvgIpc) is 3.07. The Hall–Kier alpha value is -3.02. The Morgan fingerprint density at radius 2 is 1.96 bits per heavy atom. The molecular formula is C22H25N5O. The van der Waals surface area contributed by atoms with E-state index in [4.69, 9.17) is 0 Å². The number of rotatable bonds is 4. The van der Waals surface area contributed by atoms with Gasteiger partial charge in [0.1, 0.15) is 5.82 Å². The van der Waals surface area contributed by atoms with Crippen LogP contribution in [0.25, 0.3) is 11.4 Å². The fourth-order valence-corrected chi connectivity index (χ4v) is 3.83. The number of hydrogen-bond acceptors (Lipinski definition) is 4. The lowest BCUT2D eigenvalue weighted by molar-refractivity contribution is 0.0690. The van der Waals surface area contributed by atoms with Crippen LogP contribution in [-0.2, 0) is 13.5 Å². The molecule has 0 radical (unpaired) electrons. The van der Waals surface area contributed by atoms with E-state index in [9.17, 15) is 4.79 Å². The Labute approximate surface area is 165 Å². The Morgan fingerprint density at radius 1 is 1.14 bits per heavy atom. The van der Waals surface area contributed by atoms with Gasteiger partial charge in [0.15, 0.2) is 0 Å². The van der Waals surface area contributed by atoms with E-state index in [1.54, 1.807) is 12.4 Å². The highest BCUT2D eigenvalue weighted by atomic mass is 16.2. The summed E-state index contributed by atoms with van der Waals surface area (Å²) in [6.45, 7) is 3.60. The molecule has 1 aliphatic heterocycles. The number of pyridine rings is 2. The van der Waals surface area contributed by atoms with E-state index in [0.29, 0.717) is 11.5 Å². The third kappa shape index (κ3) is 3.81. The number of likely N-dealkylation sites (tertiary alicyclic amines) is 1. The van der Waals surface area contributed by atoms with Crippen LogP contribution < -0.4 is 0 Å². The number of amides is 1. The molecule has 0 spiro atoms. The average molecular weight is 375 g/mol. The van der Waals surface area contributed by atoms with E-state index in [0.717, 1.165) is 49.6 Å².